The van der Waals surface area contributed by atoms with Crippen molar-refractivity contribution in [1.29, 1.82) is 0 Å². The van der Waals surface area contributed by atoms with Crippen LogP contribution in [0.15, 0.2) is 146 Å². The largest absolute Gasteiger partial charge is 0.505 e. The molecule has 176 valence electrons. The first-order valence-electron chi connectivity index (χ1n) is 12.4. The molecule has 0 radical (unpaired) electrons. The van der Waals surface area contributed by atoms with Gasteiger partial charge in [0.05, 0.1) is 5.69 Å². The van der Waals surface area contributed by atoms with Crippen molar-refractivity contribution in [2.45, 2.75) is 0 Å². The molecule has 0 saturated heterocycles. The standard InChI is InChI=1S/C35H25NO/c37-35-32(29-14-8-3-9-15-29)24-33(30-20-16-27(17-21-30)25-10-4-1-5-11-25)36-34(35)31-22-18-28(19-23-31)26-12-6-2-7-13-26/h1-24,37H. The lowest BCUT2D eigenvalue weighted by molar-refractivity contribution is 0.477. The second-order valence-corrected chi connectivity index (χ2v) is 9.01. The van der Waals surface area contributed by atoms with Crippen LogP contribution in [-0.4, -0.2) is 10.1 Å². The fraction of sp³-hybridized carbons (Fsp3) is 0. The first-order valence-corrected chi connectivity index (χ1v) is 12.4. The molecule has 0 amide bonds. The van der Waals surface area contributed by atoms with Crippen molar-refractivity contribution in [3.05, 3.63) is 146 Å². The number of nitrogens with zero attached hydrogens (tertiary/aromatic N) is 1. The Morgan fingerprint density at radius 3 is 1.24 bits per heavy atom. The highest BCUT2D eigenvalue weighted by atomic mass is 16.3. The molecule has 2 heteroatoms. The van der Waals surface area contributed by atoms with Gasteiger partial charge < -0.3 is 5.11 Å². The topological polar surface area (TPSA) is 33.1 Å². The average Bonchev–Trinajstić information content (AvgIpc) is 2.99. The van der Waals surface area contributed by atoms with Gasteiger partial charge in [0.1, 0.15) is 11.4 Å². The average molecular weight is 476 g/mol. The minimum absolute atomic E-state index is 0.184. The maximum absolute atomic E-state index is 11.4. The fourth-order valence-electron chi connectivity index (χ4n) is 4.64. The molecule has 0 spiro atoms. The van der Waals surface area contributed by atoms with Crippen LogP contribution in [0.1, 0.15) is 0 Å². The van der Waals surface area contributed by atoms with Crippen LogP contribution >= 0.6 is 0 Å². The van der Waals surface area contributed by atoms with Crippen LogP contribution in [0, 0.1) is 0 Å². The molecule has 1 aromatic heterocycles. The first kappa shape index (κ1) is 22.5. The molecular weight excluding hydrogens is 450 g/mol. The summed E-state index contributed by atoms with van der Waals surface area (Å²) in [6.45, 7) is 0. The Bertz CT molecular complexity index is 1620. The van der Waals surface area contributed by atoms with Crippen LogP contribution in [-0.2, 0) is 0 Å². The van der Waals surface area contributed by atoms with E-state index in [1.54, 1.807) is 0 Å². The number of aromatic hydroxyl groups is 1. The molecule has 0 bridgehead atoms. The summed E-state index contributed by atoms with van der Waals surface area (Å²) >= 11 is 0. The molecule has 0 unspecified atom stereocenters. The van der Waals surface area contributed by atoms with Gasteiger partial charge in [0.25, 0.3) is 0 Å². The highest BCUT2D eigenvalue weighted by molar-refractivity contribution is 5.84. The maximum atomic E-state index is 11.4. The van der Waals surface area contributed by atoms with E-state index in [1.165, 1.54) is 5.56 Å². The van der Waals surface area contributed by atoms with Gasteiger partial charge in [-0.2, -0.15) is 0 Å². The van der Waals surface area contributed by atoms with Gasteiger partial charge in [0.15, 0.2) is 0 Å². The van der Waals surface area contributed by atoms with Gasteiger partial charge >= 0.3 is 0 Å². The highest BCUT2D eigenvalue weighted by Gasteiger charge is 2.16. The minimum atomic E-state index is 0.184. The van der Waals surface area contributed by atoms with Crippen LogP contribution in [0.5, 0.6) is 5.75 Å². The molecule has 2 nitrogen and oxygen atoms in total. The van der Waals surface area contributed by atoms with Gasteiger partial charge in [-0.15, -0.1) is 0 Å². The lowest BCUT2D eigenvalue weighted by Gasteiger charge is -2.14. The van der Waals surface area contributed by atoms with E-state index in [4.69, 9.17) is 4.98 Å². The van der Waals surface area contributed by atoms with Crippen molar-refractivity contribution in [3.63, 3.8) is 0 Å². The summed E-state index contributed by atoms with van der Waals surface area (Å²) in [7, 11) is 0. The zero-order chi connectivity index (χ0) is 25.0. The van der Waals surface area contributed by atoms with E-state index in [0.717, 1.165) is 44.6 Å². The summed E-state index contributed by atoms with van der Waals surface area (Å²) < 4.78 is 0. The Labute approximate surface area is 217 Å². The number of aromatic nitrogens is 1. The minimum Gasteiger partial charge on any atom is -0.505 e. The summed E-state index contributed by atoms with van der Waals surface area (Å²) in [5.41, 5.74) is 9.59. The number of hydrogen-bond donors (Lipinski definition) is 1. The Kier molecular flexibility index (Phi) is 6.06. The predicted molar refractivity (Wildman–Crippen MR) is 153 cm³/mol. The third-order valence-corrected chi connectivity index (χ3v) is 6.63. The Hall–Kier alpha value is -4.95. The SMILES string of the molecule is Oc1c(-c2ccccc2)cc(-c2ccc(-c3ccccc3)cc2)nc1-c1ccc(-c2ccccc2)cc1. The van der Waals surface area contributed by atoms with Crippen LogP contribution < -0.4 is 0 Å². The third kappa shape index (κ3) is 4.65. The molecular formula is C35H25NO. The van der Waals surface area contributed by atoms with E-state index in [-0.39, 0.29) is 5.75 Å². The van der Waals surface area contributed by atoms with Crippen molar-refractivity contribution in [3.8, 4) is 61.6 Å². The number of pyridine rings is 1. The van der Waals surface area contributed by atoms with Crippen molar-refractivity contribution >= 4 is 0 Å². The highest BCUT2D eigenvalue weighted by Crippen LogP contribution is 2.40. The fourth-order valence-corrected chi connectivity index (χ4v) is 4.64. The van der Waals surface area contributed by atoms with Gasteiger partial charge in [0, 0.05) is 16.7 Å². The van der Waals surface area contributed by atoms with Gasteiger partial charge in [0.2, 0.25) is 0 Å². The molecule has 5 aromatic carbocycles. The molecule has 0 fully saturated rings. The molecule has 0 aliphatic heterocycles. The lowest BCUT2D eigenvalue weighted by Crippen LogP contribution is -1.93. The molecule has 0 atom stereocenters. The molecule has 0 aliphatic carbocycles. The van der Waals surface area contributed by atoms with Crippen LogP contribution in [0.4, 0.5) is 0 Å². The zero-order valence-corrected chi connectivity index (χ0v) is 20.3. The van der Waals surface area contributed by atoms with E-state index in [9.17, 15) is 5.11 Å². The van der Waals surface area contributed by atoms with Gasteiger partial charge in [-0.3, -0.25) is 0 Å². The Balaban J connectivity index is 1.45. The van der Waals surface area contributed by atoms with Crippen LogP contribution in [0.2, 0.25) is 0 Å². The van der Waals surface area contributed by atoms with Crippen molar-refractivity contribution in [1.82, 2.24) is 4.98 Å². The monoisotopic (exact) mass is 475 g/mol. The molecule has 37 heavy (non-hydrogen) atoms. The molecule has 1 N–H and O–H groups in total. The molecule has 6 aromatic rings. The second kappa shape index (κ2) is 9.96. The maximum Gasteiger partial charge on any atom is 0.149 e. The quantitative estimate of drug-likeness (QED) is 0.270. The lowest BCUT2D eigenvalue weighted by atomic mass is 9.96. The van der Waals surface area contributed by atoms with Crippen LogP contribution in [0.25, 0.3) is 55.9 Å². The molecule has 6 rings (SSSR count). The predicted octanol–water partition coefficient (Wildman–Crippen LogP) is 9.12. The second-order valence-electron chi connectivity index (χ2n) is 9.01. The normalized spacial score (nSPS) is 10.8. The van der Waals surface area contributed by atoms with E-state index in [0.29, 0.717) is 5.69 Å². The van der Waals surface area contributed by atoms with E-state index in [2.05, 4.69) is 60.7 Å². The summed E-state index contributed by atoms with van der Waals surface area (Å²) in [6, 6.07) is 49.2. The third-order valence-electron chi connectivity index (χ3n) is 6.63. The van der Waals surface area contributed by atoms with E-state index < -0.39 is 0 Å². The van der Waals surface area contributed by atoms with Gasteiger partial charge in [-0.1, -0.05) is 140 Å². The number of benzene rings is 5. The van der Waals surface area contributed by atoms with Crippen LogP contribution in [0.3, 0.4) is 0 Å². The summed E-state index contributed by atoms with van der Waals surface area (Å²) in [5, 5.41) is 11.4. The summed E-state index contributed by atoms with van der Waals surface area (Å²) in [4.78, 5) is 4.95. The first-order chi connectivity index (χ1) is 18.3. The van der Waals surface area contributed by atoms with Gasteiger partial charge in [-0.25, -0.2) is 4.98 Å². The number of hydrogen-bond acceptors (Lipinski definition) is 2. The molecule has 1 heterocycles. The zero-order valence-electron chi connectivity index (χ0n) is 20.3. The Morgan fingerprint density at radius 1 is 0.378 bits per heavy atom. The summed E-state index contributed by atoms with van der Waals surface area (Å²) in [5.74, 6) is 0.184. The summed E-state index contributed by atoms with van der Waals surface area (Å²) in [6.07, 6.45) is 0. The van der Waals surface area contributed by atoms with E-state index in [1.807, 2.05) is 84.9 Å². The number of rotatable bonds is 5. The molecule has 0 aliphatic rings. The van der Waals surface area contributed by atoms with E-state index >= 15 is 0 Å². The van der Waals surface area contributed by atoms with Crippen molar-refractivity contribution in [2.75, 3.05) is 0 Å². The molecule has 0 saturated carbocycles. The Morgan fingerprint density at radius 2 is 0.757 bits per heavy atom. The van der Waals surface area contributed by atoms with Gasteiger partial charge in [-0.05, 0) is 33.9 Å². The van der Waals surface area contributed by atoms with Crippen molar-refractivity contribution in [2.24, 2.45) is 0 Å². The smallest absolute Gasteiger partial charge is 0.149 e. The van der Waals surface area contributed by atoms with Crippen molar-refractivity contribution < 1.29 is 5.11 Å².